The van der Waals surface area contributed by atoms with Crippen LogP contribution in [-0.4, -0.2) is 19.5 Å². The molecular weight excluding hydrogens is 777 g/mol. The minimum Gasteiger partial charge on any atom is -0.309 e. The van der Waals surface area contributed by atoms with Crippen LogP contribution >= 0.6 is 0 Å². The molecule has 1 aliphatic rings. The van der Waals surface area contributed by atoms with E-state index in [-0.39, 0.29) is 5.41 Å². The van der Waals surface area contributed by atoms with Crippen molar-refractivity contribution in [1.82, 2.24) is 19.5 Å². The maximum atomic E-state index is 5.03. The van der Waals surface area contributed by atoms with Crippen molar-refractivity contribution in [2.45, 2.75) is 19.3 Å². The van der Waals surface area contributed by atoms with Crippen molar-refractivity contribution >= 4 is 21.8 Å². The van der Waals surface area contributed by atoms with Crippen LogP contribution in [0.3, 0.4) is 0 Å². The van der Waals surface area contributed by atoms with Crippen LogP contribution in [-0.2, 0) is 5.41 Å². The van der Waals surface area contributed by atoms with Gasteiger partial charge in [0.2, 0.25) is 0 Å². The van der Waals surface area contributed by atoms with Crippen LogP contribution in [0, 0.1) is 0 Å². The van der Waals surface area contributed by atoms with Crippen molar-refractivity contribution in [2.75, 3.05) is 0 Å². The molecule has 0 saturated heterocycles. The Kier molecular flexibility index (Phi) is 8.80. The molecule has 11 aromatic rings. The van der Waals surface area contributed by atoms with E-state index in [1.165, 1.54) is 55.2 Å². The molecular formula is C60H42N4. The van der Waals surface area contributed by atoms with Crippen LogP contribution in [0.15, 0.2) is 218 Å². The molecule has 0 spiro atoms. The van der Waals surface area contributed by atoms with Crippen LogP contribution < -0.4 is 0 Å². The number of hydrogen-bond acceptors (Lipinski definition) is 3. The van der Waals surface area contributed by atoms with Crippen molar-refractivity contribution < 1.29 is 0 Å². The molecule has 0 N–H and O–H groups in total. The third kappa shape index (κ3) is 6.34. The summed E-state index contributed by atoms with van der Waals surface area (Å²) in [6.07, 6.45) is 0. The van der Waals surface area contributed by atoms with E-state index >= 15 is 0 Å². The Bertz CT molecular complexity index is 3470. The third-order valence-electron chi connectivity index (χ3n) is 13.0. The molecule has 9 aromatic carbocycles. The highest BCUT2D eigenvalue weighted by Crippen LogP contribution is 2.50. The van der Waals surface area contributed by atoms with Gasteiger partial charge in [-0.15, -0.1) is 0 Å². The monoisotopic (exact) mass is 818 g/mol. The van der Waals surface area contributed by atoms with E-state index < -0.39 is 0 Å². The van der Waals surface area contributed by atoms with E-state index in [2.05, 4.69) is 176 Å². The lowest BCUT2D eigenvalue weighted by Crippen LogP contribution is -2.14. The summed E-state index contributed by atoms with van der Waals surface area (Å²) >= 11 is 0. The van der Waals surface area contributed by atoms with Gasteiger partial charge in [0.15, 0.2) is 17.5 Å². The summed E-state index contributed by atoms with van der Waals surface area (Å²) in [6.45, 7) is 4.71. The molecule has 302 valence electrons. The number of benzene rings is 9. The molecule has 64 heavy (non-hydrogen) atoms. The summed E-state index contributed by atoms with van der Waals surface area (Å²) in [7, 11) is 0. The first-order valence-electron chi connectivity index (χ1n) is 21.9. The molecule has 1 aliphatic carbocycles. The van der Waals surface area contributed by atoms with Crippen molar-refractivity contribution in [3.63, 3.8) is 0 Å². The molecule has 0 aliphatic heterocycles. The second-order valence-corrected chi connectivity index (χ2v) is 17.3. The molecule has 0 amide bonds. The number of hydrogen-bond donors (Lipinski definition) is 0. The quantitative estimate of drug-likeness (QED) is 0.161. The number of para-hydroxylation sites is 2. The van der Waals surface area contributed by atoms with Gasteiger partial charge in [-0.2, -0.15) is 0 Å². The Morgan fingerprint density at radius 2 is 0.734 bits per heavy atom. The molecule has 0 fully saturated rings. The third-order valence-corrected chi connectivity index (χ3v) is 13.0. The molecule has 4 heteroatoms. The molecule has 0 radical (unpaired) electrons. The Balaban J connectivity index is 1.000. The number of aromatic nitrogens is 4. The summed E-state index contributed by atoms with van der Waals surface area (Å²) in [5.41, 5.74) is 18.5. The minimum absolute atomic E-state index is 0.106. The molecule has 0 saturated carbocycles. The summed E-state index contributed by atoms with van der Waals surface area (Å²) in [6, 6.07) is 78.2. The van der Waals surface area contributed by atoms with E-state index in [0.717, 1.165) is 44.6 Å². The lowest BCUT2D eigenvalue weighted by molar-refractivity contribution is 0.660. The molecule has 4 nitrogen and oxygen atoms in total. The molecule has 0 unspecified atom stereocenters. The SMILES string of the molecule is CC1(C)c2ccccc2-c2ccc(-c3cc(-c4cccc(-c5cccc(-c6nc(-c7ccccc7)nc(-c7ccccc7)n6)c5)c4)cc(-n4c5ccccc5c5ccccc54)c3)cc21. The number of nitrogens with zero attached hydrogens (tertiary/aromatic N) is 4. The zero-order valence-corrected chi connectivity index (χ0v) is 35.6. The smallest absolute Gasteiger partial charge is 0.164 e. The zero-order valence-electron chi connectivity index (χ0n) is 35.6. The van der Waals surface area contributed by atoms with Crippen molar-refractivity contribution in [2.24, 2.45) is 0 Å². The molecule has 2 heterocycles. The lowest BCUT2D eigenvalue weighted by atomic mass is 9.81. The second kappa shape index (κ2) is 15.0. The van der Waals surface area contributed by atoms with Crippen LogP contribution in [0.2, 0.25) is 0 Å². The van der Waals surface area contributed by atoms with E-state index in [4.69, 9.17) is 15.0 Å². The normalized spacial score (nSPS) is 12.7. The van der Waals surface area contributed by atoms with Gasteiger partial charge in [0.1, 0.15) is 0 Å². The highest BCUT2D eigenvalue weighted by molar-refractivity contribution is 6.09. The Morgan fingerprint density at radius 3 is 1.34 bits per heavy atom. The topological polar surface area (TPSA) is 43.6 Å². The first-order chi connectivity index (χ1) is 31.5. The van der Waals surface area contributed by atoms with Crippen LogP contribution in [0.25, 0.3) is 106 Å². The standard InChI is InChI=1S/C60H42N4/c1-60(2)53-28-12-9-25-49(53)50-32-31-44(38-54(50)60)47-35-46(36-48(37-47)64-55-29-13-10-26-51(55)52-27-11-14-30-56(52)64)43-23-15-21-41(33-43)42-22-16-24-45(34-42)59-62-57(39-17-5-3-6-18-39)61-58(63-59)40-19-7-4-8-20-40/h3-38H,1-2H3. The molecule has 12 rings (SSSR count). The van der Waals surface area contributed by atoms with Gasteiger partial charge in [0, 0.05) is 38.6 Å². The van der Waals surface area contributed by atoms with Crippen LogP contribution in [0.1, 0.15) is 25.0 Å². The van der Waals surface area contributed by atoms with Gasteiger partial charge in [-0.1, -0.05) is 184 Å². The van der Waals surface area contributed by atoms with Gasteiger partial charge < -0.3 is 4.57 Å². The highest BCUT2D eigenvalue weighted by atomic mass is 15.0. The van der Waals surface area contributed by atoms with Crippen molar-refractivity contribution in [3.05, 3.63) is 230 Å². The first kappa shape index (κ1) is 37.5. The molecule has 2 aromatic heterocycles. The maximum absolute atomic E-state index is 5.03. The van der Waals surface area contributed by atoms with E-state index in [0.29, 0.717) is 17.5 Å². The van der Waals surface area contributed by atoms with Gasteiger partial charge in [0.25, 0.3) is 0 Å². The predicted octanol–water partition coefficient (Wildman–Crippen LogP) is 15.3. The molecule has 0 atom stereocenters. The average Bonchev–Trinajstić information content (AvgIpc) is 3.82. The summed E-state index contributed by atoms with van der Waals surface area (Å²) in [5, 5.41) is 2.49. The summed E-state index contributed by atoms with van der Waals surface area (Å²) in [5.74, 6) is 1.93. The fourth-order valence-corrected chi connectivity index (χ4v) is 9.81. The minimum atomic E-state index is -0.106. The number of rotatable bonds is 7. The Morgan fingerprint density at radius 1 is 0.312 bits per heavy atom. The van der Waals surface area contributed by atoms with Crippen molar-refractivity contribution in [3.8, 4) is 84.4 Å². The second-order valence-electron chi connectivity index (χ2n) is 17.3. The van der Waals surface area contributed by atoms with Crippen molar-refractivity contribution in [1.29, 1.82) is 0 Å². The van der Waals surface area contributed by atoms with Gasteiger partial charge in [-0.3, -0.25) is 0 Å². The fraction of sp³-hybridized carbons (Fsp3) is 0.0500. The van der Waals surface area contributed by atoms with E-state index in [9.17, 15) is 0 Å². The highest BCUT2D eigenvalue weighted by Gasteiger charge is 2.35. The predicted molar refractivity (Wildman–Crippen MR) is 264 cm³/mol. The van der Waals surface area contributed by atoms with Crippen LogP contribution in [0.5, 0.6) is 0 Å². The molecule has 0 bridgehead atoms. The Labute approximate surface area is 372 Å². The fourth-order valence-electron chi connectivity index (χ4n) is 9.81. The van der Waals surface area contributed by atoms with E-state index in [1.54, 1.807) is 0 Å². The van der Waals surface area contributed by atoms with Gasteiger partial charge in [-0.25, -0.2) is 15.0 Å². The summed E-state index contributed by atoms with van der Waals surface area (Å²) in [4.78, 5) is 15.0. The van der Waals surface area contributed by atoms with Gasteiger partial charge in [0.05, 0.1) is 11.0 Å². The summed E-state index contributed by atoms with van der Waals surface area (Å²) < 4.78 is 2.43. The van der Waals surface area contributed by atoms with Gasteiger partial charge >= 0.3 is 0 Å². The average molecular weight is 819 g/mol. The van der Waals surface area contributed by atoms with Crippen LogP contribution in [0.4, 0.5) is 0 Å². The maximum Gasteiger partial charge on any atom is 0.164 e. The van der Waals surface area contributed by atoms with E-state index in [1.807, 2.05) is 60.7 Å². The first-order valence-corrected chi connectivity index (χ1v) is 21.9. The Hall–Kier alpha value is -8.21. The van der Waals surface area contributed by atoms with Gasteiger partial charge in [-0.05, 0) is 104 Å². The lowest BCUT2D eigenvalue weighted by Gasteiger charge is -2.22. The zero-order chi connectivity index (χ0) is 42.8. The largest absolute Gasteiger partial charge is 0.309 e. The number of fused-ring (bicyclic) bond motifs is 6.